The fraction of sp³-hybridized carbons (Fsp3) is 0.706. The molecule has 0 spiro atoms. The molecule has 1 saturated carbocycles. The van der Waals surface area contributed by atoms with E-state index in [1.165, 1.54) is 37.7 Å². The van der Waals surface area contributed by atoms with Crippen LogP contribution in [0.15, 0.2) is 18.3 Å². The Bertz CT molecular complexity index is 438. The van der Waals surface area contributed by atoms with Crippen LogP contribution in [0, 0.1) is 0 Å². The van der Waals surface area contributed by atoms with Gasteiger partial charge < -0.3 is 16.0 Å². The van der Waals surface area contributed by atoms with Gasteiger partial charge in [-0.3, -0.25) is 0 Å². The summed E-state index contributed by atoms with van der Waals surface area (Å²) in [6.07, 6.45) is 9.42. The first kappa shape index (κ1) is 16.2. The second-order valence-corrected chi connectivity index (χ2v) is 6.46. The Labute approximate surface area is 129 Å². The lowest BCUT2D eigenvalue weighted by Crippen LogP contribution is -2.60. The number of nitrogens with two attached hydrogens (primary N) is 1. The quantitative estimate of drug-likeness (QED) is 0.845. The summed E-state index contributed by atoms with van der Waals surface area (Å²) in [5.74, 6) is 0.616. The van der Waals surface area contributed by atoms with E-state index < -0.39 is 0 Å². The molecule has 1 aliphatic rings. The molecule has 0 bridgehead atoms. The molecular formula is C17H30N4. The van der Waals surface area contributed by atoms with E-state index in [0.717, 1.165) is 13.0 Å². The third-order valence-electron chi connectivity index (χ3n) is 4.99. The molecule has 0 aliphatic heterocycles. The van der Waals surface area contributed by atoms with Gasteiger partial charge >= 0.3 is 0 Å². The molecule has 4 nitrogen and oxygen atoms in total. The molecule has 0 amide bonds. The largest absolute Gasteiger partial charge is 0.384 e. The zero-order valence-electron chi connectivity index (χ0n) is 13.7. The van der Waals surface area contributed by atoms with Gasteiger partial charge in [0.05, 0.1) is 0 Å². The molecule has 1 aromatic rings. The first-order valence-corrected chi connectivity index (χ1v) is 8.19. The first-order chi connectivity index (χ1) is 10.1. The van der Waals surface area contributed by atoms with Gasteiger partial charge in [0.15, 0.2) is 0 Å². The van der Waals surface area contributed by atoms with Gasteiger partial charge in [0, 0.05) is 17.8 Å². The van der Waals surface area contributed by atoms with Crippen LogP contribution in [0.25, 0.3) is 0 Å². The van der Waals surface area contributed by atoms with Crippen molar-refractivity contribution in [1.29, 1.82) is 0 Å². The molecule has 0 radical (unpaired) electrons. The van der Waals surface area contributed by atoms with E-state index in [-0.39, 0.29) is 5.54 Å². The van der Waals surface area contributed by atoms with Crippen molar-refractivity contribution in [2.24, 2.45) is 0 Å². The number of hydrogen-bond donors (Lipinski definition) is 2. The second kappa shape index (κ2) is 7.23. The number of anilines is 1. The van der Waals surface area contributed by atoms with E-state index in [1.54, 1.807) is 0 Å². The average Bonchev–Trinajstić information content (AvgIpc) is 2.47. The molecule has 1 atom stereocenters. The maximum atomic E-state index is 5.84. The van der Waals surface area contributed by atoms with Crippen molar-refractivity contribution in [3.63, 3.8) is 0 Å². The Morgan fingerprint density at radius 3 is 2.62 bits per heavy atom. The number of nitrogens with one attached hydrogen (secondary N) is 1. The predicted octanol–water partition coefficient (Wildman–Crippen LogP) is 2.45. The van der Waals surface area contributed by atoms with Gasteiger partial charge in [-0.2, -0.15) is 0 Å². The van der Waals surface area contributed by atoms with E-state index in [4.69, 9.17) is 5.73 Å². The molecule has 1 aromatic heterocycles. The third-order valence-corrected chi connectivity index (χ3v) is 4.99. The van der Waals surface area contributed by atoms with E-state index in [2.05, 4.69) is 42.3 Å². The number of rotatable bonds is 6. The molecule has 21 heavy (non-hydrogen) atoms. The molecular weight excluding hydrogens is 260 g/mol. The minimum absolute atomic E-state index is 0.256. The van der Waals surface area contributed by atoms with Crippen molar-refractivity contribution in [2.75, 3.05) is 26.4 Å². The highest BCUT2D eigenvalue weighted by molar-refractivity contribution is 5.32. The zero-order chi connectivity index (χ0) is 15.3. The van der Waals surface area contributed by atoms with E-state index in [0.29, 0.717) is 11.9 Å². The van der Waals surface area contributed by atoms with Crippen LogP contribution in [0.2, 0.25) is 0 Å². The van der Waals surface area contributed by atoms with Crippen molar-refractivity contribution in [3.8, 4) is 0 Å². The van der Waals surface area contributed by atoms with Gasteiger partial charge in [-0.25, -0.2) is 4.98 Å². The van der Waals surface area contributed by atoms with Gasteiger partial charge in [0.25, 0.3) is 0 Å². The van der Waals surface area contributed by atoms with Crippen LogP contribution in [0.3, 0.4) is 0 Å². The van der Waals surface area contributed by atoms with Crippen molar-refractivity contribution >= 4 is 5.82 Å². The van der Waals surface area contributed by atoms with Crippen LogP contribution in [-0.2, 0) is 6.42 Å². The summed E-state index contributed by atoms with van der Waals surface area (Å²) < 4.78 is 0. The lowest BCUT2D eigenvalue weighted by atomic mass is 9.73. The lowest BCUT2D eigenvalue weighted by molar-refractivity contribution is 0.0575. The van der Waals surface area contributed by atoms with Crippen LogP contribution in [0.5, 0.6) is 0 Å². The van der Waals surface area contributed by atoms with Crippen molar-refractivity contribution in [3.05, 3.63) is 23.9 Å². The normalized spacial score (nSPS) is 19.6. The molecule has 1 unspecified atom stereocenters. The summed E-state index contributed by atoms with van der Waals surface area (Å²) in [5.41, 5.74) is 7.37. The highest BCUT2D eigenvalue weighted by Crippen LogP contribution is 2.36. The number of aromatic nitrogens is 1. The van der Waals surface area contributed by atoms with Crippen LogP contribution in [-0.4, -0.2) is 42.1 Å². The number of nitrogen functional groups attached to an aromatic ring is 1. The standard InChI is InChI=1S/C17H30N4/c1-4-19-15(12-14-8-11-20-16(18)13-14)17(21(2)3)9-6-5-7-10-17/h8,11,13,15,19H,4-7,9-10,12H2,1-3H3,(H2,18,20). The van der Waals surface area contributed by atoms with Crippen molar-refractivity contribution in [2.45, 2.75) is 57.0 Å². The molecule has 2 rings (SSSR count). The zero-order valence-corrected chi connectivity index (χ0v) is 13.7. The van der Waals surface area contributed by atoms with E-state index >= 15 is 0 Å². The van der Waals surface area contributed by atoms with Gasteiger partial charge in [0.1, 0.15) is 5.82 Å². The molecule has 0 aromatic carbocycles. The molecule has 118 valence electrons. The van der Waals surface area contributed by atoms with Crippen LogP contribution in [0.1, 0.15) is 44.6 Å². The van der Waals surface area contributed by atoms with Crippen molar-refractivity contribution in [1.82, 2.24) is 15.2 Å². The minimum Gasteiger partial charge on any atom is -0.384 e. The fourth-order valence-corrected chi connectivity index (χ4v) is 3.83. The summed E-state index contributed by atoms with van der Waals surface area (Å²) in [5, 5.41) is 3.74. The minimum atomic E-state index is 0.256. The summed E-state index contributed by atoms with van der Waals surface area (Å²) in [6, 6.07) is 4.56. The molecule has 1 fully saturated rings. The Kier molecular flexibility index (Phi) is 5.59. The molecule has 4 heteroatoms. The van der Waals surface area contributed by atoms with Gasteiger partial charge in [-0.15, -0.1) is 0 Å². The number of nitrogens with zero attached hydrogens (tertiary/aromatic N) is 2. The summed E-state index contributed by atoms with van der Waals surface area (Å²) >= 11 is 0. The summed E-state index contributed by atoms with van der Waals surface area (Å²) in [7, 11) is 4.47. The average molecular weight is 290 g/mol. The number of hydrogen-bond acceptors (Lipinski definition) is 4. The third kappa shape index (κ3) is 3.74. The topological polar surface area (TPSA) is 54.2 Å². The van der Waals surface area contributed by atoms with Crippen LogP contribution < -0.4 is 11.1 Å². The lowest BCUT2D eigenvalue weighted by Gasteiger charge is -2.49. The Morgan fingerprint density at radius 1 is 1.33 bits per heavy atom. The number of likely N-dealkylation sites (N-methyl/N-ethyl adjacent to an activating group) is 2. The molecule has 1 aliphatic carbocycles. The highest BCUT2D eigenvalue weighted by Gasteiger charge is 2.41. The molecule has 1 heterocycles. The van der Waals surface area contributed by atoms with Gasteiger partial charge in [0.2, 0.25) is 0 Å². The SMILES string of the molecule is CCNC(Cc1ccnc(N)c1)C1(N(C)C)CCCCC1. The maximum Gasteiger partial charge on any atom is 0.123 e. The smallest absolute Gasteiger partial charge is 0.123 e. The Hall–Kier alpha value is -1.13. The summed E-state index contributed by atoms with van der Waals surface area (Å²) in [4.78, 5) is 6.55. The predicted molar refractivity (Wildman–Crippen MR) is 89.3 cm³/mol. The number of pyridine rings is 1. The van der Waals surface area contributed by atoms with E-state index in [9.17, 15) is 0 Å². The van der Waals surface area contributed by atoms with E-state index in [1.807, 2.05) is 12.3 Å². The molecule has 3 N–H and O–H groups in total. The van der Waals surface area contributed by atoms with Crippen molar-refractivity contribution < 1.29 is 0 Å². The maximum absolute atomic E-state index is 5.84. The van der Waals surface area contributed by atoms with Crippen LogP contribution >= 0.6 is 0 Å². The first-order valence-electron chi connectivity index (χ1n) is 8.19. The second-order valence-electron chi connectivity index (χ2n) is 6.46. The van der Waals surface area contributed by atoms with Crippen LogP contribution in [0.4, 0.5) is 5.82 Å². The highest BCUT2D eigenvalue weighted by atomic mass is 15.2. The Morgan fingerprint density at radius 2 is 2.05 bits per heavy atom. The molecule has 0 saturated heterocycles. The Balaban J connectivity index is 2.23. The van der Waals surface area contributed by atoms with Gasteiger partial charge in [-0.1, -0.05) is 26.2 Å². The monoisotopic (exact) mass is 290 g/mol. The van der Waals surface area contributed by atoms with Gasteiger partial charge in [-0.05, 0) is 57.6 Å². The fourth-order valence-electron chi connectivity index (χ4n) is 3.83. The summed E-state index contributed by atoms with van der Waals surface area (Å²) in [6.45, 7) is 3.20.